The second-order valence-electron chi connectivity index (χ2n) is 7.39. The van der Waals surface area contributed by atoms with Gasteiger partial charge in [0.1, 0.15) is 5.75 Å². The van der Waals surface area contributed by atoms with Crippen molar-refractivity contribution >= 4 is 17.5 Å². The van der Waals surface area contributed by atoms with Crippen LogP contribution in [0.25, 0.3) is 11.4 Å². The summed E-state index contributed by atoms with van der Waals surface area (Å²) in [5.74, 6) is 1.28. The number of halogens is 1. The summed E-state index contributed by atoms with van der Waals surface area (Å²) >= 11 is 6.00. The summed E-state index contributed by atoms with van der Waals surface area (Å²) in [6, 6.07) is 13.3. The lowest BCUT2D eigenvalue weighted by Crippen LogP contribution is -2.37. The van der Waals surface area contributed by atoms with E-state index in [0.717, 1.165) is 24.2 Å². The Morgan fingerprint density at radius 1 is 1.20 bits per heavy atom. The minimum Gasteiger partial charge on any atom is -0.481 e. The van der Waals surface area contributed by atoms with Gasteiger partial charge in [0.15, 0.2) is 6.10 Å². The SMILES string of the molecule is CC[C@@H](Oc1ccc2c(c1)CCCC2)C(=O)NCc1nc(-c2cccc(Cl)c2)no1. The largest absolute Gasteiger partial charge is 0.481 e. The highest BCUT2D eigenvalue weighted by atomic mass is 35.5. The van der Waals surface area contributed by atoms with E-state index in [0.29, 0.717) is 23.2 Å². The van der Waals surface area contributed by atoms with Crippen molar-refractivity contribution in [2.24, 2.45) is 0 Å². The summed E-state index contributed by atoms with van der Waals surface area (Å²) < 4.78 is 11.2. The molecule has 7 heteroatoms. The second kappa shape index (κ2) is 9.30. The Morgan fingerprint density at radius 3 is 2.83 bits per heavy atom. The lowest BCUT2D eigenvalue weighted by atomic mass is 9.92. The number of carbonyl (C=O) groups excluding carboxylic acids is 1. The van der Waals surface area contributed by atoms with Crippen molar-refractivity contribution in [1.82, 2.24) is 15.5 Å². The van der Waals surface area contributed by atoms with Gasteiger partial charge in [0.2, 0.25) is 11.7 Å². The van der Waals surface area contributed by atoms with E-state index < -0.39 is 6.10 Å². The number of ether oxygens (including phenoxy) is 1. The molecule has 156 valence electrons. The minimum absolute atomic E-state index is 0.135. The van der Waals surface area contributed by atoms with Crippen molar-refractivity contribution in [3.63, 3.8) is 0 Å². The predicted molar refractivity (Wildman–Crippen MR) is 114 cm³/mol. The maximum Gasteiger partial charge on any atom is 0.261 e. The monoisotopic (exact) mass is 425 g/mol. The summed E-state index contributed by atoms with van der Waals surface area (Å²) in [4.78, 5) is 16.9. The van der Waals surface area contributed by atoms with E-state index in [4.69, 9.17) is 20.9 Å². The van der Waals surface area contributed by atoms with Crippen LogP contribution in [0.2, 0.25) is 5.02 Å². The lowest BCUT2D eigenvalue weighted by Gasteiger charge is -2.20. The Balaban J connectivity index is 1.36. The highest BCUT2D eigenvalue weighted by molar-refractivity contribution is 6.30. The zero-order valence-corrected chi connectivity index (χ0v) is 17.6. The number of carbonyl (C=O) groups is 1. The van der Waals surface area contributed by atoms with Crippen molar-refractivity contribution in [3.8, 4) is 17.1 Å². The van der Waals surface area contributed by atoms with Crippen molar-refractivity contribution in [3.05, 3.63) is 64.5 Å². The molecule has 0 spiro atoms. The van der Waals surface area contributed by atoms with Crippen LogP contribution in [0.15, 0.2) is 47.0 Å². The summed E-state index contributed by atoms with van der Waals surface area (Å²) in [7, 11) is 0. The molecule has 1 amide bonds. The first-order chi connectivity index (χ1) is 14.6. The zero-order valence-electron chi connectivity index (χ0n) is 16.9. The fourth-order valence-electron chi connectivity index (χ4n) is 3.62. The van der Waals surface area contributed by atoms with E-state index in [1.807, 2.05) is 25.1 Å². The molecule has 0 saturated heterocycles. The van der Waals surface area contributed by atoms with E-state index in [1.165, 1.54) is 24.0 Å². The Bertz CT molecular complexity index is 1030. The molecule has 1 N–H and O–H groups in total. The Hall–Kier alpha value is -2.86. The van der Waals surface area contributed by atoms with E-state index in [-0.39, 0.29) is 12.5 Å². The standard InChI is InChI=1S/C23H24ClN3O3/c1-2-20(29-19-11-10-15-6-3-4-7-16(15)13-19)23(28)25-14-21-26-22(27-30-21)17-8-5-9-18(24)12-17/h5,8-13,20H,2-4,6-7,14H2,1H3,(H,25,28)/t20-/m1/s1. The van der Waals surface area contributed by atoms with E-state index >= 15 is 0 Å². The van der Waals surface area contributed by atoms with Gasteiger partial charge in [0, 0.05) is 10.6 Å². The third-order valence-corrected chi connectivity index (χ3v) is 5.46. The normalized spacial score (nSPS) is 14.1. The molecule has 2 aromatic carbocycles. The van der Waals surface area contributed by atoms with Gasteiger partial charge in [-0.25, -0.2) is 0 Å². The van der Waals surface area contributed by atoms with Crippen molar-refractivity contribution < 1.29 is 14.1 Å². The fourth-order valence-corrected chi connectivity index (χ4v) is 3.81. The number of nitrogens with one attached hydrogen (secondary N) is 1. The van der Waals surface area contributed by atoms with Crippen LogP contribution in [-0.4, -0.2) is 22.2 Å². The van der Waals surface area contributed by atoms with Crippen LogP contribution in [0.1, 0.15) is 43.2 Å². The quantitative estimate of drug-likeness (QED) is 0.591. The molecule has 0 saturated carbocycles. The van der Waals surface area contributed by atoms with Gasteiger partial charge in [-0.05, 0) is 67.5 Å². The molecule has 0 radical (unpaired) electrons. The molecule has 0 unspecified atom stereocenters. The van der Waals surface area contributed by atoms with Gasteiger partial charge >= 0.3 is 0 Å². The number of aromatic nitrogens is 2. The maximum atomic E-state index is 12.6. The van der Waals surface area contributed by atoms with E-state index in [9.17, 15) is 4.79 Å². The topological polar surface area (TPSA) is 77.2 Å². The number of aryl methyl sites for hydroxylation is 2. The van der Waals surface area contributed by atoms with Crippen LogP contribution >= 0.6 is 11.6 Å². The molecule has 6 nitrogen and oxygen atoms in total. The van der Waals surface area contributed by atoms with E-state index in [2.05, 4.69) is 27.6 Å². The van der Waals surface area contributed by atoms with Crippen LogP contribution in [0.5, 0.6) is 5.75 Å². The molecule has 4 rings (SSSR count). The van der Waals surface area contributed by atoms with Crippen LogP contribution in [-0.2, 0) is 24.2 Å². The number of nitrogens with zero attached hydrogens (tertiary/aromatic N) is 2. The zero-order chi connectivity index (χ0) is 20.9. The molecule has 1 aliphatic rings. The van der Waals surface area contributed by atoms with Crippen LogP contribution in [0.4, 0.5) is 0 Å². The van der Waals surface area contributed by atoms with Crippen LogP contribution in [0, 0.1) is 0 Å². The van der Waals surface area contributed by atoms with Crippen molar-refractivity contribution in [1.29, 1.82) is 0 Å². The number of amides is 1. The number of benzene rings is 2. The van der Waals surface area contributed by atoms with Gasteiger partial charge in [-0.15, -0.1) is 0 Å². The molecule has 0 fully saturated rings. The first kappa shape index (κ1) is 20.4. The average molecular weight is 426 g/mol. The van der Waals surface area contributed by atoms with Gasteiger partial charge in [-0.1, -0.05) is 41.9 Å². The average Bonchev–Trinajstić information content (AvgIpc) is 3.25. The fraction of sp³-hybridized carbons (Fsp3) is 0.348. The molecule has 1 aromatic heterocycles. The lowest BCUT2D eigenvalue weighted by molar-refractivity contribution is -0.128. The van der Waals surface area contributed by atoms with Gasteiger partial charge in [0.25, 0.3) is 5.91 Å². The van der Waals surface area contributed by atoms with Crippen LogP contribution in [0.3, 0.4) is 0 Å². The van der Waals surface area contributed by atoms with Gasteiger partial charge in [0.05, 0.1) is 6.54 Å². The Labute approximate surface area is 180 Å². The molecular formula is C23H24ClN3O3. The smallest absolute Gasteiger partial charge is 0.261 e. The highest BCUT2D eigenvalue weighted by Crippen LogP contribution is 2.26. The predicted octanol–water partition coefficient (Wildman–Crippen LogP) is 4.74. The number of hydrogen-bond donors (Lipinski definition) is 1. The van der Waals surface area contributed by atoms with Gasteiger partial charge in [-0.2, -0.15) is 4.98 Å². The van der Waals surface area contributed by atoms with Gasteiger partial charge < -0.3 is 14.6 Å². The minimum atomic E-state index is -0.582. The number of rotatable bonds is 7. The molecule has 1 heterocycles. The summed E-state index contributed by atoms with van der Waals surface area (Å²) in [5, 5.41) is 7.37. The molecular weight excluding hydrogens is 402 g/mol. The third kappa shape index (κ3) is 4.82. The second-order valence-corrected chi connectivity index (χ2v) is 7.83. The van der Waals surface area contributed by atoms with Crippen molar-refractivity contribution in [2.45, 2.75) is 51.7 Å². The molecule has 0 aliphatic heterocycles. The highest BCUT2D eigenvalue weighted by Gasteiger charge is 2.20. The van der Waals surface area contributed by atoms with Gasteiger partial charge in [-0.3, -0.25) is 4.79 Å². The number of fused-ring (bicyclic) bond motifs is 1. The Morgan fingerprint density at radius 2 is 2.03 bits per heavy atom. The first-order valence-corrected chi connectivity index (χ1v) is 10.6. The van der Waals surface area contributed by atoms with Crippen LogP contribution < -0.4 is 10.1 Å². The summed E-state index contributed by atoms with van der Waals surface area (Å²) in [6.45, 7) is 2.06. The summed E-state index contributed by atoms with van der Waals surface area (Å²) in [6.07, 6.45) is 4.61. The third-order valence-electron chi connectivity index (χ3n) is 5.23. The maximum absolute atomic E-state index is 12.6. The first-order valence-electron chi connectivity index (χ1n) is 10.3. The van der Waals surface area contributed by atoms with Crippen molar-refractivity contribution in [2.75, 3.05) is 0 Å². The Kier molecular flexibility index (Phi) is 6.33. The molecule has 1 atom stereocenters. The number of hydrogen-bond acceptors (Lipinski definition) is 5. The van der Waals surface area contributed by atoms with E-state index in [1.54, 1.807) is 12.1 Å². The molecule has 3 aromatic rings. The molecule has 1 aliphatic carbocycles. The molecule has 0 bridgehead atoms. The molecule has 30 heavy (non-hydrogen) atoms. The summed E-state index contributed by atoms with van der Waals surface area (Å²) in [5.41, 5.74) is 3.47.